The van der Waals surface area contributed by atoms with Crippen molar-refractivity contribution in [3.63, 3.8) is 0 Å². The summed E-state index contributed by atoms with van der Waals surface area (Å²) in [6, 6.07) is -0.556. The van der Waals surface area contributed by atoms with Gasteiger partial charge >= 0.3 is 12.1 Å². The third-order valence-electron chi connectivity index (χ3n) is 8.10. The van der Waals surface area contributed by atoms with E-state index in [4.69, 9.17) is 21.7 Å². The van der Waals surface area contributed by atoms with Crippen LogP contribution in [-0.2, 0) is 19.1 Å². The van der Waals surface area contributed by atoms with Crippen molar-refractivity contribution in [1.29, 1.82) is 0 Å². The number of aliphatic hydroxyl groups excluding tert-OH is 2. The first-order valence-corrected chi connectivity index (χ1v) is 15.3. The number of hydrogen-bond donors (Lipinski definition) is 3. The maximum absolute atomic E-state index is 13.1. The van der Waals surface area contributed by atoms with E-state index in [9.17, 15) is 24.6 Å². The number of nitrogens with one attached hydrogen (secondary N) is 1. The van der Waals surface area contributed by atoms with E-state index in [1.165, 1.54) is 28.8 Å². The monoisotopic (exact) mass is 608 g/mol. The Labute approximate surface area is 250 Å². The zero-order valence-corrected chi connectivity index (χ0v) is 25.2. The van der Waals surface area contributed by atoms with Crippen LogP contribution in [0.25, 0.3) is 0 Å². The number of β-lactam (4-membered cyclic amide) rings is 1. The predicted octanol–water partition coefficient (Wildman–Crippen LogP) is 1.61. The van der Waals surface area contributed by atoms with Crippen molar-refractivity contribution in [2.45, 2.75) is 62.7 Å². The molecule has 0 aromatic heterocycles. The Hall–Kier alpha value is -2.61. The van der Waals surface area contributed by atoms with Gasteiger partial charge in [-0.2, -0.15) is 0 Å². The summed E-state index contributed by atoms with van der Waals surface area (Å²) in [6.07, 6.45) is 3.29. The molecule has 4 aliphatic rings. The van der Waals surface area contributed by atoms with Gasteiger partial charge in [0.1, 0.15) is 18.9 Å². The summed E-state index contributed by atoms with van der Waals surface area (Å²) in [5.74, 6) is -1.67. The average molecular weight is 609 g/mol. The first kappa shape index (κ1) is 31.3. The molecule has 6 atom stereocenters. The van der Waals surface area contributed by atoms with Crippen LogP contribution in [0.3, 0.4) is 0 Å². The number of carbonyl (C=O) groups excluding carboxylic acids is 3. The molecule has 41 heavy (non-hydrogen) atoms. The van der Waals surface area contributed by atoms with Gasteiger partial charge < -0.3 is 39.7 Å². The van der Waals surface area contributed by atoms with E-state index in [0.717, 1.165) is 4.91 Å². The molecule has 2 amide bonds. The minimum absolute atomic E-state index is 0.0111. The number of thiocarbonyl (C=S) groups is 1. The van der Waals surface area contributed by atoms with E-state index in [1.54, 1.807) is 11.8 Å². The Balaban J connectivity index is 1.50. The van der Waals surface area contributed by atoms with Gasteiger partial charge in [-0.1, -0.05) is 32.2 Å². The molecular weight excluding hydrogens is 568 g/mol. The van der Waals surface area contributed by atoms with Crippen LogP contribution >= 0.6 is 24.0 Å². The van der Waals surface area contributed by atoms with Crippen molar-refractivity contribution in [2.24, 2.45) is 11.8 Å². The van der Waals surface area contributed by atoms with Gasteiger partial charge in [-0.05, 0) is 38.4 Å². The smallest absolute Gasteiger partial charge is 0.410 e. The zero-order valence-electron chi connectivity index (χ0n) is 23.6. The summed E-state index contributed by atoms with van der Waals surface area (Å²) >= 11 is 7.07. The molecule has 13 heteroatoms. The number of piperidine rings is 1. The molecule has 0 radical (unpaired) electrons. The standard InChI is InChI=1S/C28H40N4O7S2/c1-5-11-38-26(36)23-24(16(3)22-21(17(4)33)25(35)32(22)23)41-20-13-18(31(15-20)28(37)39-12-6-2)14-29-27(40)30-9-7-19(34)8-10-30/h5-6,16-22,33-34H,1-2,7-15H2,3-4H3,(H,29,40)/t16-,17-,18+,20+,21?,22-/m1/s1. The van der Waals surface area contributed by atoms with Crippen LogP contribution in [0.1, 0.15) is 33.1 Å². The molecule has 0 aliphatic carbocycles. The van der Waals surface area contributed by atoms with Gasteiger partial charge in [-0.15, -0.1) is 11.8 Å². The van der Waals surface area contributed by atoms with E-state index in [-0.39, 0.29) is 54.2 Å². The van der Waals surface area contributed by atoms with E-state index in [0.29, 0.717) is 50.6 Å². The highest BCUT2D eigenvalue weighted by Crippen LogP contribution is 2.52. The van der Waals surface area contributed by atoms with E-state index < -0.39 is 24.1 Å². The number of aliphatic hydroxyl groups is 2. The Morgan fingerprint density at radius 3 is 2.51 bits per heavy atom. The Bertz CT molecular complexity index is 1090. The maximum atomic E-state index is 13.1. The highest BCUT2D eigenvalue weighted by Gasteiger charge is 2.60. The molecule has 3 N–H and O–H groups in total. The fourth-order valence-corrected chi connectivity index (χ4v) is 7.85. The second-order valence-electron chi connectivity index (χ2n) is 10.9. The second kappa shape index (κ2) is 13.6. The molecule has 0 aromatic rings. The number of ether oxygens (including phenoxy) is 2. The van der Waals surface area contributed by atoms with Crippen molar-refractivity contribution >= 4 is 47.1 Å². The van der Waals surface area contributed by atoms with E-state index in [2.05, 4.69) is 18.5 Å². The Morgan fingerprint density at radius 2 is 1.88 bits per heavy atom. The lowest BCUT2D eigenvalue weighted by Crippen LogP contribution is -2.63. The largest absolute Gasteiger partial charge is 0.457 e. The summed E-state index contributed by atoms with van der Waals surface area (Å²) in [5, 5.41) is 23.8. The van der Waals surface area contributed by atoms with Crippen molar-refractivity contribution in [3.8, 4) is 0 Å². The fourth-order valence-electron chi connectivity index (χ4n) is 6.03. The van der Waals surface area contributed by atoms with Gasteiger partial charge in [0.25, 0.3) is 0 Å². The number of thioether (sulfide) groups is 1. The molecule has 0 saturated carbocycles. The number of carbonyl (C=O) groups is 3. The van der Waals surface area contributed by atoms with Gasteiger partial charge in [0, 0.05) is 42.3 Å². The number of esters is 1. The average Bonchev–Trinajstić information content (AvgIpc) is 3.45. The molecule has 1 unspecified atom stereocenters. The third-order valence-corrected chi connectivity index (χ3v) is 10.0. The number of likely N-dealkylation sites (tertiary alicyclic amines) is 2. The molecule has 11 nitrogen and oxygen atoms in total. The molecule has 4 rings (SSSR count). The molecule has 0 bridgehead atoms. The molecule has 3 fully saturated rings. The number of rotatable bonds is 10. The number of fused-ring (bicyclic) bond motifs is 1. The summed E-state index contributed by atoms with van der Waals surface area (Å²) in [7, 11) is 0. The first-order chi connectivity index (χ1) is 19.6. The maximum Gasteiger partial charge on any atom is 0.410 e. The van der Waals surface area contributed by atoms with Crippen molar-refractivity contribution in [3.05, 3.63) is 35.9 Å². The molecule has 226 valence electrons. The third kappa shape index (κ3) is 6.58. The van der Waals surface area contributed by atoms with Crippen LogP contribution < -0.4 is 5.32 Å². The minimum atomic E-state index is -0.843. The predicted molar refractivity (Wildman–Crippen MR) is 159 cm³/mol. The molecule has 3 saturated heterocycles. The van der Waals surface area contributed by atoms with Crippen LogP contribution in [0.2, 0.25) is 0 Å². The number of hydrogen-bond acceptors (Lipinski definition) is 9. The van der Waals surface area contributed by atoms with Crippen LogP contribution in [0, 0.1) is 11.8 Å². The topological polar surface area (TPSA) is 132 Å². The minimum Gasteiger partial charge on any atom is -0.457 e. The second-order valence-corrected chi connectivity index (χ2v) is 12.6. The van der Waals surface area contributed by atoms with E-state index >= 15 is 0 Å². The van der Waals surface area contributed by atoms with Crippen LogP contribution in [0.5, 0.6) is 0 Å². The van der Waals surface area contributed by atoms with Gasteiger partial charge in [-0.25, -0.2) is 9.59 Å². The molecular formula is C28H40N4O7S2. The highest BCUT2D eigenvalue weighted by atomic mass is 32.2. The normalized spacial score (nSPS) is 28.6. The lowest BCUT2D eigenvalue weighted by Gasteiger charge is -2.46. The van der Waals surface area contributed by atoms with Crippen molar-refractivity contribution < 1.29 is 34.1 Å². The Kier molecular flexibility index (Phi) is 10.4. The summed E-state index contributed by atoms with van der Waals surface area (Å²) < 4.78 is 10.7. The Morgan fingerprint density at radius 1 is 1.22 bits per heavy atom. The number of nitrogens with zero attached hydrogens (tertiary/aromatic N) is 3. The van der Waals surface area contributed by atoms with E-state index in [1.807, 2.05) is 11.8 Å². The fraction of sp³-hybridized carbons (Fsp3) is 0.643. The summed E-state index contributed by atoms with van der Waals surface area (Å²) in [5.41, 5.74) is 0.215. The lowest BCUT2D eigenvalue weighted by atomic mass is 9.79. The van der Waals surface area contributed by atoms with Crippen LogP contribution in [0.4, 0.5) is 4.79 Å². The van der Waals surface area contributed by atoms with Gasteiger partial charge in [0.15, 0.2) is 5.11 Å². The first-order valence-electron chi connectivity index (χ1n) is 14.0. The van der Waals surface area contributed by atoms with Gasteiger partial charge in [-0.3, -0.25) is 4.79 Å². The van der Waals surface area contributed by atoms with Gasteiger partial charge in [0.2, 0.25) is 5.91 Å². The number of amides is 2. The summed E-state index contributed by atoms with van der Waals surface area (Å²) in [4.78, 5) is 45.0. The zero-order chi connectivity index (χ0) is 29.8. The molecule has 0 spiro atoms. The molecule has 0 aromatic carbocycles. The molecule has 4 aliphatic heterocycles. The summed E-state index contributed by atoms with van der Waals surface area (Å²) in [6.45, 7) is 13.0. The molecule has 4 heterocycles. The van der Waals surface area contributed by atoms with Crippen molar-refractivity contribution in [1.82, 2.24) is 20.0 Å². The van der Waals surface area contributed by atoms with Crippen LogP contribution in [0.15, 0.2) is 35.9 Å². The van der Waals surface area contributed by atoms with Gasteiger partial charge in [0.05, 0.1) is 30.2 Å². The van der Waals surface area contributed by atoms with Crippen LogP contribution in [-0.4, -0.2) is 117 Å². The SMILES string of the molecule is C=CCOC(=O)C1=C(S[C@H]2C[C@@H](CNC(=S)N3CCC(O)CC3)N(C(=O)OCC=C)C2)[C@H](C)[C@@H]2C([C@@H](C)O)C(=O)N12. The van der Waals surface area contributed by atoms with Crippen molar-refractivity contribution in [2.75, 3.05) is 39.4 Å². The highest BCUT2D eigenvalue weighted by molar-refractivity contribution is 8.03. The lowest BCUT2D eigenvalue weighted by molar-refractivity contribution is -0.164. The quantitative estimate of drug-likeness (QED) is 0.145.